The van der Waals surface area contributed by atoms with Crippen LogP contribution in [0.1, 0.15) is 24.0 Å². The molecule has 1 aromatic heterocycles. The van der Waals surface area contributed by atoms with E-state index < -0.39 is 5.92 Å². The van der Waals surface area contributed by atoms with E-state index in [0.717, 1.165) is 11.3 Å². The van der Waals surface area contributed by atoms with Gasteiger partial charge >= 0.3 is 0 Å². The van der Waals surface area contributed by atoms with Gasteiger partial charge in [-0.3, -0.25) is 5.10 Å². The van der Waals surface area contributed by atoms with Crippen LogP contribution >= 0.6 is 23.2 Å². The number of aromatic amines is 1. The van der Waals surface area contributed by atoms with Crippen molar-refractivity contribution in [2.24, 2.45) is 5.73 Å². The first-order valence-corrected chi connectivity index (χ1v) is 9.63. The maximum absolute atomic E-state index is 9.79. The Balaban J connectivity index is 1.92. The average Bonchev–Trinajstić information content (AvgIpc) is 3.12. The lowest BCUT2D eigenvalue weighted by Crippen LogP contribution is -2.21. The molecule has 4 rings (SSSR count). The molecule has 1 atom stereocenters. The second kappa shape index (κ2) is 7.70. The smallest absolute Gasteiger partial charge is 0.244 e. The van der Waals surface area contributed by atoms with Crippen LogP contribution in [0.25, 0.3) is 11.3 Å². The van der Waals surface area contributed by atoms with Crippen LogP contribution in [0.2, 0.25) is 10.0 Å². The average molecular weight is 427 g/mol. The van der Waals surface area contributed by atoms with Crippen LogP contribution in [0.4, 0.5) is 0 Å². The van der Waals surface area contributed by atoms with Gasteiger partial charge in [0.1, 0.15) is 17.4 Å². The van der Waals surface area contributed by atoms with Crippen LogP contribution < -0.4 is 15.2 Å². The van der Waals surface area contributed by atoms with Gasteiger partial charge in [0, 0.05) is 21.2 Å². The predicted molar refractivity (Wildman–Crippen MR) is 111 cm³/mol. The van der Waals surface area contributed by atoms with Gasteiger partial charge in [-0.15, -0.1) is 5.10 Å². The Kier molecular flexibility index (Phi) is 5.10. The van der Waals surface area contributed by atoms with Crippen LogP contribution in [0, 0.1) is 11.3 Å². The Morgan fingerprint density at radius 1 is 1.17 bits per heavy atom. The fourth-order valence-electron chi connectivity index (χ4n) is 3.42. The summed E-state index contributed by atoms with van der Waals surface area (Å²) in [7, 11) is 0. The SMILES string of the molecule is CCOc1ccc(-c2[nH]nc3c2[C@H](c2c(Cl)cccc2Cl)C(C#N)=C(N)O3)cc1. The Hall–Kier alpha value is -3.14. The minimum atomic E-state index is -0.620. The molecule has 3 aromatic rings. The molecule has 0 unspecified atom stereocenters. The lowest BCUT2D eigenvalue weighted by molar-refractivity contribution is 0.340. The third kappa shape index (κ3) is 3.29. The van der Waals surface area contributed by atoms with Gasteiger partial charge < -0.3 is 15.2 Å². The van der Waals surface area contributed by atoms with Gasteiger partial charge in [-0.1, -0.05) is 29.3 Å². The number of fused-ring (bicyclic) bond motifs is 1. The van der Waals surface area contributed by atoms with Crippen molar-refractivity contribution in [3.8, 4) is 29.0 Å². The Bertz CT molecular complexity index is 1130. The minimum absolute atomic E-state index is 0.0225. The van der Waals surface area contributed by atoms with Crippen molar-refractivity contribution in [2.45, 2.75) is 12.8 Å². The summed E-state index contributed by atoms with van der Waals surface area (Å²) in [5.41, 5.74) is 8.99. The Morgan fingerprint density at radius 3 is 2.48 bits per heavy atom. The molecular formula is C21H16Cl2N4O2. The quantitative estimate of drug-likeness (QED) is 0.611. The van der Waals surface area contributed by atoms with E-state index in [0.29, 0.717) is 33.5 Å². The maximum atomic E-state index is 9.79. The van der Waals surface area contributed by atoms with Crippen molar-refractivity contribution >= 4 is 23.2 Å². The number of allylic oxidation sites excluding steroid dienone is 1. The number of aromatic nitrogens is 2. The molecule has 0 amide bonds. The minimum Gasteiger partial charge on any atom is -0.494 e. The van der Waals surface area contributed by atoms with E-state index in [1.54, 1.807) is 18.2 Å². The van der Waals surface area contributed by atoms with E-state index in [1.807, 2.05) is 31.2 Å². The molecule has 0 spiro atoms. The molecule has 0 fully saturated rings. The highest BCUT2D eigenvalue weighted by Gasteiger charge is 2.37. The van der Waals surface area contributed by atoms with E-state index in [-0.39, 0.29) is 17.3 Å². The zero-order valence-corrected chi connectivity index (χ0v) is 16.9. The highest BCUT2D eigenvalue weighted by atomic mass is 35.5. The molecule has 146 valence electrons. The van der Waals surface area contributed by atoms with E-state index in [1.165, 1.54) is 0 Å². The second-order valence-corrected chi connectivity index (χ2v) is 7.15. The molecule has 0 aliphatic carbocycles. The van der Waals surface area contributed by atoms with Gasteiger partial charge in [0.05, 0.1) is 23.8 Å². The van der Waals surface area contributed by atoms with Gasteiger partial charge in [-0.25, -0.2) is 0 Å². The van der Waals surface area contributed by atoms with Gasteiger partial charge in [0.25, 0.3) is 0 Å². The highest BCUT2D eigenvalue weighted by molar-refractivity contribution is 6.36. The number of benzene rings is 2. The largest absolute Gasteiger partial charge is 0.494 e. The first kappa shape index (κ1) is 19.2. The number of halogens is 2. The van der Waals surface area contributed by atoms with Gasteiger partial charge in [0.15, 0.2) is 0 Å². The third-order valence-corrected chi connectivity index (χ3v) is 5.34. The number of nitrogens with two attached hydrogens (primary N) is 1. The highest BCUT2D eigenvalue weighted by Crippen LogP contribution is 2.49. The number of hydrogen-bond acceptors (Lipinski definition) is 5. The summed E-state index contributed by atoms with van der Waals surface area (Å²) in [6.45, 7) is 2.50. The lowest BCUT2D eigenvalue weighted by atomic mass is 9.83. The Labute approximate surface area is 177 Å². The fourth-order valence-corrected chi connectivity index (χ4v) is 4.04. The number of nitrogens with zero attached hydrogens (tertiary/aromatic N) is 2. The fraction of sp³-hybridized carbons (Fsp3) is 0.143. The van der Waals surface area contributed by atoms with Crippen LogP contribution in [0.3, 0.4) is 0 Å². The summed E-state index contributed by atoms with van der Waals surface area (Å²) in [5, 5.41) is 17.9. The lowest BCUT2D eigenvalue weighted by Gasteiger charge is -2.25. The molecule has 0 saturated carbocycles. The number of ether oxygens (including phenoxy) is 2. The zero-order chi connectivity index (χ0) is 20.5. The van der Waals surface area contributed by atoms with Crippen molar-refractivity contribution in [1.82, 2.24) is 10.2 Å². The molecule has 6 nitrogen and oxygen atoms in total. The third-order valence-electron chi connectivity index (χ3n) is 4.68. The predicted octanol–water partition coefficient (Wildman–Crippen LogP) is 5.00. The molecule has 1 aliphatic heterocycles. The van der Waals surface area contributed by atoms with Crippen molar-refractivity contribution < 1.29 is 9.47 Å². The first-order valence-electron chi connectivity index (χ1n) is 8.88. The topological polar surface area (TPSA) is 97.0 Å². The van der Waals surface area contributed by atoms with Crippen LogP contribution in [0.5, 0.6) is 11.6 Å². The summed E-state index contributed by atoms with van der Waals surface area (Å²) >= 11 is 13.0. The number of H-pyrrole nitrogens is 1. The summed E-state index contributed by atoms with van der Waals surface area (Å²) in [5.74, 6) is 0.399. The number of nitrogens with one attached hydrogen (secondary N) is 1. The molecule has 0 bridgehead atoms. The molecule has 1 aliphatic rings. The van der Waals surface area contributed by atoms with Crippen LogP contribution in [-0.2, 0) is 0 Å². The summed E-state index contributed by atoms with van der Waals surface area (Å²) in [6.07, 6.45) is 0. The van der Waals surface area contributed by atoms with Crippen molar-refractivity contribution in [1.29, 1.82) is 5.26 Å². The van der Waals surface area contributed by atoms with E-state index in [9.17, 15) is 5.26 Å². The molecule has 3 N–H and O–H groups in total. The Morgan fingerprint density at radius 2 is 1.86 bits per heavy atom. The summed E-state index contributed by atoms with van der Waals surface area (Å²) in [4.78, 5) is 0. The molecule has 29 heavy (non-hydrogen) atoms. The van der Waals surface area contributed by atoms with E-state index >= 15 is 0 Å². The maximum Gasteiger partial charge on any atom is 0.244 e. The van der Waals surface area contributed by atoms with Gasteiger partial charge in [0.2, 0.25) is 11.8 Å². The molecule has 2 heterocycles. The second-order valence-electron chi connectivity index (χ2n) is 6.33. The zero-order valence-electron chi connectivity index (χ0n) is 15.4. The van der Waals surface area contributed by atoms with Gasteiger partial charge in [-0.05, 0) is 43.3 Å². The summed E-state index contributed by atoms with van der Waals surface area (Å²) in [6, 6.07) is 14.9. The molecule has 0 saturated heterocycles. The number of rotatable bonds is 4. The summed E-state index contributed by atoms with van der Waals surface area (Å²) < 4.78 is 11.1. The standard InChI is InChI=1S/C21H16Cl2N4O2/c1-2-28-12-8-6-11(7-9-12)19-18-16(17-14(22)4-3-5-15(17)23)13(10-24)20(25)29-21(18)27-26-19/h3-9,16H,2,25H2,1H3,(H,26,27)/t16-/m0/s1. The van der Waals surface area contributed by atoms with Crippen molar-refractivity contribution in [3.05, 3.63) is 75.1 Å². The first-order chi connectivity index (χ1) is 14.0. The van der Waals surface area contributed by atoms with Gasteiger partial charge in [-0.2, -0.15) is 5.26 Å². The molecular weight excluding hydrogens is 411 g/mol. The molecule has 2 aromatic carbocycles. The number of hydrogen-bond donors (Lipinski definition) is 2. The normalized spacial score (nSPS) is 15.4. The van der Waals surface area contributed by atoms with E-state index in [2.05, 4.69) is 16.3 Å². The van der Waals surface area contributed by atoms with Crippen molar-refractivity contribution in [2.75, 3.05) is 6.61 Å². The van der Waals surface area contributed by atoms with Crippen molar-refractivity contribution in [3.63, 3.8) is 0 Å². The van der Waals surface area contributed by atoms with E-state index in [4.69, 9.17) is 38.4 Å². The molecule has 8 heteroatoms. The van der Waals surface area contributed by atoms with Crippen LogP contribution in [0.15, 0.2) is 53.9 Å². The number of nitriles is 1. The molecule has 0 radical (unpaired) electrons. The van der Waals surface area contributed by atoms with Crippen LogP contribution in [-0.4, -0.2) is 16.8 Å². The monoisotopic (exact) mass is 426 g/mol.